The van der Waals surface area contributed by atoms with E-state index in [1.165, 1.54) is 0 Å². The topological polar surface area (TPSA) is 51.2 Å². The van der Waals surface area contributed by atoms with Crippen molar-refractivity contribution in [2.24, 2.45) is 5.92 Å². The van der Waals surface area contributed by atoms with Crippen LogP contribution < -0.4 is 10.1 Å². The number of pyridine rings is 1. The molecule has 1 aliphatic carbocycles. The molecule has 0 saturated carbocycles. The Morgan fingerprint density at radius 1 is 1.17 bits per heavy atom. The maximum absolute atomic E-state index is 12.6. The molecule has 0 aliphatic heterocycles. The van der Waals surface area contributed by atoms with Crippen molar-refractivity contribution < 1.29 is 9.53 Å². The van der Waals surface area contributed by atoms with Gasteiger partial charge in [-0.3, -0.25) is 9.78 Å². The molecule has 0 spiro atoms. The van der Waals surface area contributed by atoms with Crippen LogP contribution >= 0.6 is 0 Å². The van der Waals surface area contributed by atoms with E-state index in [9.17, 15) is 4.79 Å². The number of methoxy groups -OCH3 is 1. The Balaban J connectivity index is 1.92. The Labute approximate surface area is 136 Å². The van der Waals surface area contributed by atoms with Crippen molar-refractivity contribution in [2.45, 2.75) is 18.9 Å². The summed E-state index contributed by atoms with van der Waals surface area (Å²) in [4.78, 5) is 17.0. The zero-order chi connectivity index (χ0) is 16.1. The average molecular weight is 308 g/mol. The van der Waals surface area contributed by atoms with Crippen LogP contribution in [0.2, 0.25) is 0 Å². The largest absolute Gasteiger partial charge is 0.496 e. The molecule has 1 amide bonds. The number of aromatic nitrogens is 1. The van der Waals surface area contributed by atoms with E-state index in [-0.39, 0.29) is 17.9 Å². The zero-order valence-electron chi connectivity index (χ0n) is 13.1. The molecule has 1 heterocycles. The molecule has 0 unspecified atom stereocenters. The maximum Gasteiger partial charge on any atom is 0.224 e. The smallest absolute Gasteiger partial charge is 0.224 e. The first-order chi connectivity index (χ1) is 11.3. The molecular weight excluding hydrogens is 288 g/mol. The van der Waals surface area contributed by atoms with E-state index in [2.05, 4.69) is 22.5 Å². The highest BCUT2D eigenvalue weighted by atomic mass is 16.5. The van der Waals surface area contributed by atoms with Gasteiger partial charge in [-0.05, 0) is 31.0 Å². The number of amides is 1. The van der Waals surface area contributed by atoms with Gasteiger partial charge in [0, 0.05) is 17.7 Å². The van der Waals surface area contributed by atoms with Gasteiger partial charge in [-0.25, -0.2) is 0 Å². The van der Waals surface area contributed by atoms with E-state index >= 15 is 0 Å². The Morgan fingerprint density at radius 3 is 2.61 bits per heavy atom. The third-order valence-corrected chi connectivity index (χ3v) is 4.10. The van der Waals surface area contributed by atoms with Crippen LogP contribution in [0, 0.1) is 5.92 Å². The van der Waals surface area contributed by atoms with Crippen molar-refractivity contribution in [3.63, 3.8) is 0 Å². The van der Waals surface area contributed by atoms with Crippen molar-refractivity contribution in [1.82, 2.24) is 10.3 Å². The second-order valence-corrected chi connectivity index (χ2v) is 5.58. The molecule has 1 aromatic carbocycles. The molecule has 2 aromatic rings. The molecule has 0 bridgehead atoms. The minimum Gasteiger partial charge on any atom is -0.496 e. The van der Waals surface area contributed by atoms with Crippen LogP contribution in [0.1, 0.15) is 30.1 Å². The first-order valence-corrected chi connectivity index (χ1v) is 7.79. The van der Waals surface area contributed by atoms with Gasteiger partial charge in [0.05, 0.1) is 18.8 Å². The SMILES string of the molecule is COc1ccccc1[C@@H](NC(=O)C1CC=CC1)c1ccccn1. The molecule has 4 nitrogen and oxygen atoms in total. The van der Waals surface area contributed by atoms with Gasteiger partial charge in [0.15, 0.2) is 0 Å². The number of nitrogens with one attached hydrogen (secondary N) is 1. The summed E-state index contributed by atoms with van der Waals surface area (Å²) in [5.41, 5.74) is 1.71. The van der Waals surface area contributed by atoms with E-state index < -0.39 is 0 Å². The fourth-order valence-electron chi connectivity index (χ4n) is 2.85. The Kier molecular flexibility index (Phi) is 4.71. The summed E-state index contributed by atoms with van der Waals surface area (Å²) >= 11 is 0. The minimum atomic E-state index is -0.319. The van der Waals surface area contributed by atoms with Crippen LogP contribution in [0.15, 0.2) is 60.8 Å². The molecule has 1 aliphatic rings. The molecule has 0 radical (unpaired) electrons. The summed E-state index contributed by atoms with van der Waals surface area (Å²) in [7, 11) is 1.64. The van der Waals surface area contributed by atoms with Crippen LogP contribution in [0.5, 0.6) is 5.75 Å². The lowest BCUT2D eigenvalue weighted by atomic mass is 9.99. The lowest BCUT2D eigenvalue weighted by Crippen LogP contribution is -2.34. The van der Waals surface area contributed by atoms with Gasteiger partial charge in [-0.15, -0.1) is 0 Å². The Hall–Kier alpha value is -2.62. The van der Waals surface area contributed by atoms with Crippen molar-refractivity contribution in [3.05, 3.63) is 72.1 Å². The van der Waals surface area contributed by atoms with Crippen molar-refractivity contribution in [3.8, 4) is 5.75 Å². The number of hydrogen-bond donors (Lipinski definition) is 1. The summed E-state index contributed by atoms with van der Waals surface area (Å²) in [5, 5.41) is 3.14. The van der Waals surface area contributed by atoms with Crippen molar-refractivity contribution >= 4 is 5.91 Å². The van der Waals surface area contributed by atoms with Gasteiger partial charge in [-0.2, -0.15) is 0 Å². The lowest BCUT2D eigenvalue weighted by molar-refractivity contribution is -0.125. The van der Waals surface area contributed by atoms with E-state index in [4.69, 9.17) is 4.74 Å². The highest BCUT2D eigenvalue weighted by Crippen LogP contribution is 2.30. The second kappa shape index (κ2) is 7.09. The molecule has 118 valence electrons. The van der Waals surface area contributed by atoms with E-state index in [0.717, 1.165) is 29.8 Å². The Morgan fingerprint density at radius 2 is 1.91 bits per heavy atom. The van der Waals surface area contributed by atoms with E-state index in [1.807, 2.05) is 42.5 Å². The van der Waals surface area contributed by atoms with Crippen LogP contribution in [0.25, 0.3) is 0 Å². The number of hydrogen-bond acceptors (Lipinski definition) is 3. The summed E-state index contributed by atoms with van der Waals surface area (Å²) in [6.45, 7) is 0. The maximum atomic E-state index is 12.6. The summed E-state index contributed by atoms with van der Waals surface area (Å²) in [6, 6.07) is 13.1. The first-order valence-electron chi connectivity index (χ1n) is 7.79. The van der Waals surface area contributed by atoms with Crippen LogP contribution in [-0.2, 0) is 4.79 Å². The molecule has 0 fully saturated rings. The fourth-order valence-corrected chi connectivity index (χ4v) is 2.85. The third-order valence-electron chi connectivity index (χ3n) is 4.10. The van der Waals surface area contributed by atoms with Gasteiger partial charge in [-0.1, -0.05) is 36.4 Å². The van der Waals surface area contributed by atoms with Crippen LogP contribution in [-0.4, -0.2) is 18.0 Å². The van der Waals surface area contributed by atoms with Crippen LogP contribution in [0.3, 0.4) is 0 Å². The zero-order valence-corrected chi connectivity index (χ0v) is 13.1. The number of allylic oxidation sites excluding steroid dienone is 2. The van der Waals surface area contributed by atoms with Crippen molar-refractivity contribution in [2.75, 3.05) is 7.11 Å². The van der Waals surface area contributed by atoms with Gasteiger partial charge < -0.3 is 10.1 Å². The molecule has 23 heavy (non-hydrogen) atoms. The number of ether oxygens (including phenoxy) is 1. The Bertz CT molecular complexity index is 690. The number of carbonyl (C=O) groups is 1. The number of benzene rings is 1. The van der Waals surface area contributed by atoms with Gasteiger partial charge >= 0.3 is 0 Å². The molecule has 1 N–H and O–H groups in total. The normalized spacial score (nSPS) is 15.3. The quantitative estimate of drug-likeness (QED) is 0.863. The molecule has 0 saturated heterocycles. The summed E-state index contributed by atoms with van der Waals surface area (Å²) in [5.74, 6) is 0.806. The molecule has 3 rings (SSSR count). The lowest BCUT2D eigenvalue weighted by Gasteiger charge is -2.22. The average Bonchev–Trinajstić information content (AvgIpc) is 3.15. The minimum absolute atomic E-state index is 0.0101. The van der Waals surface area contributed by atoms with Crippen LogP contribution in [0.4, 0.5) is 0 Å². The number of carbonyl (C=O) groups excluding carboxylic acids is 1. The highest BCUT2D eigenvalue weighted by Gasteiger charge is 2.26. The monoisotopic (exact) mass is 308 g/mol. The van der Waals surface area contributed by atoms with Gasteiger partial charge in [0.25, 0.3) is 0 Å². The summed E-state index contributed by atoms with van der Waals surface area (Å²) < 4.78 is 5.46. The standard InChI is InChI=1S/C19H20N2O2/c1-23-17-12-5-4-10-15(17)18(16-11-6-7-13-20-16)21-19(22)14-8-2-3-9-14/h2-7,10-14,18H,8-9H2,1H3,(H,21,22)/t18-/m1/s1. The molecule has 1 atom stereocenters. The predicted molar refractivity (Wildman–Crippen MR) is 89.1 cm³/mol. The second-order valence-electron chi connectivity index (χ2n) is 5.58. The van der Waals surface area contributed by atoms with Crippen molar-refractivity contribution in [1.29, 1.82) is 0 Å². The summed E-state index contributed by atoms with van der Waals surface area (Å²) in [6.07, 6.45) is 7.45. The van der Waals surface area contributed by atoms with Gasteiger partial charge in [0.1, 0.15) is 5.75 Å². The molecule has 4 heteroatoms. The predicted octanol–water partition coefficient (Wildman–Crippen LogP) is 3.26. The van der Waals surface area contributed by atoms with E-state index in [0.29, 0.717) is 0 Å². The number of para-hydroxylation sites is 1. The molecular formula is C19H20N2O2. The van der Waals surface area contributed by atoms with E-state index in [1.54, 1.807) is 13.3 Å². The number of nitrogens with zero attached hydrogens (tertiary/aromatic N) is 1. The number of rotatable bonds is 5. The van der Waals surface area contributed by atoms with Gasteiger partial charge in [0.2, 0.25) is 5.91 Å². The molecule has 1 aromatic heterocycles. The third kappa shape index (κ3) is 3.42. The first kappa shape index (κ1) is 15.3. The highest BCUT2D eigenvalue weighted by molar-refractivity contribution is 5.80. The fraction of sp³-hybridized carbons (Fsp3) is 0.263.